The molecule has 2 N–H and O–H groups in total. The average molecular weight is 244 g/mol. The van der Waals surface area contributed by atoms with Gasteiger partial charge in [0.15, 0.2) is 0 Å². The van der Waals surface area contributed by atoms with Crippen LogP contribution in [-0.2, 0) is 4.79 Å². The summed E-state index contributed by atoms with van der Waals surface area (Å²) in [6.07, 6.45) is 5.10. The highest BCUT2D eigenvalue weighted by Gasteiger charge is 2.11. The Morgan fingerprint density at radius 2 is 2.00 bits per heavy atom. The highest BCUT2D eigenvalue weighted by molar-refractivity contribution is 5.92. The Bertz CT molecular complexity index is 432. The quantitative estimate of drug-likeness (QED) is 0.492. The van der Waals surface area contributed by atoms with Crippen LogP contribution in [0.3, 0.4) is 0 Å². The van der Waals surface area contributed by atoms with Crippen molar-refractivity contribution < 1.29 is 4.79 Å². The Kier molecular flexibility index (Phi) is 5.18. The highest BCUT2D eigenvalue weighted by Crippen LogP contribution is 2.08. The first-order chi connectivity index (χ1) is 8.54. The lowest BCUT2D eigenvalue weighted by molar-refractivity contribution is -0.126. The molecule has 96 valence electrons. The predicted molar refractivity (Wildman–Crippen MR) is 76.9 cm³/mol. The average Bonchev–Trinajstić information content (AvgIpc) is 2.34. The van der Waals surface area contributed by atoms with E-state index in [1.807, 2.05) is 38.1 Å². The number of hydrogen-bond donors (Lipinski definition) is 1. The van der Waals surface area contributed by atoms with Crippen LogP contribution in [0.5, 0.6) is 0 Å². The van der Waals surface area contributed by atoms with Gasteiger partial charge in [-0.15, -0.1) is 6.58 Å². The third-order valence-electron chi connectivity index (χ3n) is 2.59. The summed E-state index contributed by atoms with van der Waals surface area (Å²) in [4.78, 5) is 13.7. The van der Waals surface area contributed by atoms with Crippen LogP contribution >= 0.6 is 0 Å². The maximum absolute atomic E-state index is 12.0. The van der Waals surface area contributed by atoms with Crippen molar-refractivity contribution in [3.05, 3.63) is 48.6 Å². The molecule has 1 aromatic carbocycles. The van der Waals surface area contributed by atoms with E-state index in [0.29, 0.717) is 12.2 Å². The smallest absolute Gasteiger partial charge is 0.247 e. The summed E-state index contributed by atoms with van der Waals surface area (Å²) in [5.74, 6) is -0.0123. The lowest BCUT2D eigenvalue weighted by atomic mass is 10.2. The van der Waals surface area contributed by atoms with E-state index in [1.165, 1.54) is 0 Å². The van der Waals surface area contributed by atoms with Crippen molar-refractivity contribution in [2.75, 3.05) is 12.3 Å². The van der Waals surface area contributed by atoms with Crippen molar-refractivity contribution in [1.29, 1.82) is 0 Å². The topological polar surface area (TPSA) is 46.3 Å². The fraction of sp³-hybridized carbons (Fsp3) is 0.267. The molecule has 0 unspecified atom stereocenters. The molecule has 0 spiro atoms. The Labute approximate surface area is 109 Å². The number of nitrogens with two attached hydrogens (primary N) is 1. The van der Waals surface area contributed by atoms with Gasteiger partial charge < -0.3 is 10.6 Å². The maximum Gasteiger partial charge on any atom is 0.247 e. The third kappa shape index (κ3) is 4.09. The van der Waals surface area contributed by atoms with Crippen LogP contribution in [0, 0.1) is 0 Å². The molecule has 3 nitrogen and oxygen atoms in total. The molecule has 1 aromatic rings. The van der Waals surface area contributed by atoms with E-state index in [2.05, 4.69) is 6.58 Å². The van der Waals surface area contributed by atoms with Crippen LogP contribution in [0.4, 0.5) is 5.69 Å². The number of amides is 1. The lowest BCUT2D eigenvalue weighted by Crippen LogP contribution is -2.35. The van der Waals surface area contributed by atoms with E-state index in [9.17, 15) is 4.79 Å². The van der Waals surface area contributed by atoms with Gasteiger partial charge in [-0.1, -0.05) is 18.2 Å². The van der Waals surface area contributed by atoms with E-state index in [0.717, 1.165) is 5.56 Å². The van der Waals surface area contributed by atoms with Crippen LogP contribution in [0.15, 0.2) is 43.0 Å². The summed E-state index contributed by atoms with van der Waals surface area (Å²) >= 11 is 0. The van der Waals surface area contributed by atoms with Gasteiger partial charge in [-0.2, -0.15) is 0 Å². The predicted octanol–water partition coefficient (Wildman–Crippen LogP) is 2.71. The monoisotopic (exact) mass is 244 g/mol. The van der Waals surface area contributed by atoms with Gasteiger partial charge in [0.05, 0.1) is 0 Å². The summed E-state index contributed by atoms with van der Waals surface area (Å²) in [6, 6.07) is 7.55. The second-order valence-corrected chi connectivity index (χ2v) is 4.37. The normalized spacial score (nSPS) is 10.8. The van der Waals surface area contributed by atoms with Gasteiger partial charge >= 0.3 is 0 Å². The fourth-order valence-electron chi connectivity index (χ4n) is 1.56. The minimum atomic E-state index is -0.0123. The number of carbonyl (C=O) groups excluding carboxylic acids is 1. The Hall–Kier alpha value is -2.03. The van der Waals surface area contributed by atoms with Crippen molar-refractivity contribution in [3.63, 3.8) is 0 Å². The second kappa shape index (κ2) is 6.64. The largest absolute Gasteiger partial charge is 0.399 e. The molecule has 0 atom stereocenters. The fourth-order valence-corrected chi connectivity index (χ4v) is 1.56. The van der Waals surface area contributed by atoms with Crippen molar-refractivity contribution in [2.45, 2.75) is 19.9 Å². The summed E-state index contributed by atoms with van der Waals surface area (Å²) in [5, 5.41) is 0. The first-order valence-corrected chi connectivity index (χ1v) is 5.99. The molecular weight excluding hydrogens is 224 g/mol. The van der Waals surface area contributed by atoms with Gasteiger partial charge in [-0.05, 0) is 37.6 Å². The van der Waals surface area contributed by atoms with Gasteiger partial charge in [0.2, 0.25) is 5.91 Å². The van der Waals surface area contributed by atoms with E-state index >= 15 is 0 Å². The summed E-state index contributed by atoms with van der Waals surface area (Å²) in [5.41, 5.74) is 7.27. The zero-order valence-corrected chi connectivity index (χ0v) is 11.0. The molecule has 1 amide bonds. The van der Waals surface area contributed by atoms with E-state index in [1.54, 1.807) is 23.1 Å². The van der Waals surface area contributed by atoms with Crippen LogP contribution in [0.25, 0.3) is 6.08 Å². The van der Waals surface area contributed by atoms with Gasteiger partial charge in [-0.3, -0.25) is 4.79 Å². The van der Waals surface area contributed by atoms with Gasteiger partial charge in [-0.25, -0.2) is 0 Å². The van der Waals surface area contributed by atoms with Crippen molar-refractivity contribution in [2.24, 2.45) is 0 Å². The number of hydrogen-bond acceptors (Lipinski definition) is 2. The summed E-state index contributed by atoms with van der Waals surface area (Å²) in [7, 11) is 0. The lowest BCUT2D eigenvalue weighted by Gasteiger charge is -2.23. The molecule has 0 saturated carbocycles. The SMILES string of the molecule is C=CCN(C(=O)/C=C/c1ccc(N)cc1)C(C)C. The van der Waals surface area contributed by atoms with Crippen LogP contribution in [0.1, 0.15) is 19.4 Å². The number of nitrogens with zero attached hydrogens (tertiary/aromatic N) is 1. The first kappa shape index (κ1) is 14.0. The Morgan fingerprint density at radius 1 is 1.39 bits per heavy atom. The van der Waals surface area contributed by atoms with Crippen molar-refractivity contribution in [3.8, 4) is 0 Å². The Balaban J connectivity index is 2.73. The van der Waals surface area contributed by atoms with Crippen molar-refractivity contribution >= 4 is 17.7 Å². The van der Waals surface area contributed by atoms with Crippen LogP contribution < -0.4 is 5.73 Å². The molecular formula is C15H20N2O. The van der Waals surface area contributed by atoms with Gasteiger partial charge in [0.25, 0.3) is 0 Å². The zero-order chi connectivity index (χ0) is 13.5. The van der Waals surface area contributed by atoms with E-state index in [4.69, 9.17) is 5.73 Å². The number of benzene rings is 1. The molecule has 0 aliphatic heterocycles. The minimum Gasteiger partial charge on any atom is -0.399 e. The molecule has 3 heteroatoms. The maximum atomic E-state index is 12.0. The highest BCUT2D eigenvalue weighted by atomic mass is 16.2. The Morgan fingerprint density at radius 3 is 2.50 bits per heavy atom. The standard InChI is InChI=1S/C15H20N2O/c1-4-11-17(12(2)3)15(18)10-7-13-5-8-14(16)9-6-13/h4-10,12H,1,11,16H2,2-3H3/b10-7+. The van der Waals surface area contributed by atoms with Crippen LogP contribution in [-0.4, -0.2) is 23.4 Å². The van der Waals surface area contributed by atoms with Gasteiger partial charge in [0, 0.05) is 24.4 Å². The molecule has 0 bridgehead atoms. The molecule has 0 saturated heterocycles. The van der Waals surface area contributed by atoms with E-state index < -0.39 is 0 Å². The second-order valence-electron chi connectivity index (χ2n) is 4.37. The van der Waals surface area contributed by atoms with Crippen LogP contribution in [0.2, 0.25) is 0 Å². The number of nitrogen functional groups attached to an aromatic ring is 1. The summed E-state index contributed by atoms with van der Waals surface area (Å²) < 4.78 is 0. The van der Waals surface area contributed by atoms with Gasteiger partial charge in [0.1, 0.15) is 0 Å². The summed E-state index contributed by atoms with van der Waals surface area (Å²) in [6.45, 7) is 8.19. The number of anilines is 1. The first-order valence-electron chi connectivity index (χ1n) is 5.99. The minimum absolute atomic E-state index is 0.0123. The molecule has 0 fully saturated rings. The molecule has 18 heavy (non-hydrogen) atoms. The molecule has 0 aromatic heterocycles. The molecule has 0 heterocycles. The third-order valence-corrected chi connectivity index (χ3v) is 2.59. The molecule has 1 rings (SSSR count). The van der Waals surface area contributed by atoms with E-state index in [-0.39, 0.29) is 11.9 Å². The van der Waals surface area contributed by atoms with Crippen molar-refractivity contribution in [1.82, 2.24) is 4.90 Å². The zero-order valence-electron chi connectivity index (χ0n) is 11.0. The molecule has 0 aliphatic rings. The number of rotatable bonds is 5. The number of carbonyl (C=O) groups is 1. The molecule has 0 radical (unpaired) electrons. The molecule has 0 aliphatic carbocycles.